The first kappa shape index (κ1) is 20.9. The summed E-state index contributed by atoms with van der Waals surface area (Å²) in [6, 6.07) is 11.6. The van der Waals surface area contributed by atoms with E-state index in [0.717, 1.165) is 0 Å². The number of benzene rings is 2. The second-order valence-corrected chi connectivity index (χ2v) is 7.00. The fraction of sp³-hybridized carbons (Fsp3) is 0.238. The number of phenolic OH excluding ortho intramolecular Hbond substituents is 1. The molecular weight excluding hydrogens is 396 g/mol. The van der Waals surface area contributed by atoms with E-state index in [2.05, 4.69) is 5.32 Å². The van der Waals surface area contributed by atoms with Gasteiger partial charge >= 0.3 is 0 Å². The van der Waals surface area contributed by atoms with Crippen molar-refractivity contribution in [1.29, 1.82) is 0 Å². The Morgan fingerprint density at radius 3 is 2.31 bits per heavy atom. The number of hydrogen-bond acceptors (Lipinski definition) is 6. The van der Waals surface area contributed by atoms with E-state index >= 15 is 0 Å². The van der Waals surface area contributed by atoms with Crippen LogP contribution in [0.15, 0.2) is 54.1 Å². The molecule has 0 bridgehead atoms. The first-order valence-electron chi connectivity index (χ1n) is 9.09. The van der Waals surface area contributed by atoms with E-state index in [-0.39, 0.29) is 30.2 Å². The molecule has 0 aromatic heterocycles. The minimum Gasteiger partial charge on any atom is -0.508 e. The Labute approximate surface area is 172 Å². The van der Waals surface area contributed by atoms with E-state index in [4.69, 9.17) is 16.7 Å². The van der Waals surface area contributed by atoms with E-state index in [1.807, 2.05) is 0 Å². The van der Waals surface area contributed by atoms with Gasteiger partial charge in [0.2, 0.25) is 0 Å². The summed E-state index contributed by atoms with van der Waals surface area (Å²) < 4.78 is 0. The van der Waals surface area contributed by atoms with Gasteiger partial charge in [0, 0.05) is 30.2 Å². The zero-order chi connectivity index (χ0) is 21.0. The SMILES string of the molecule is O=C1C(=O)N(CCNCCO)C(c2ccc(O)cc2)/C1=C(/O)c1ccc(Cl)cc1. The third-order valence-corrected chi connectivity index (χ3v) is 4.94. The molecule has 3 rings (SSSR count). The van der Waals surface area contributed by atoms with Gasteiger partial charge in [-0.1, -0.05) is 23.7 Å². The molecule has 1 atom stereocenters. The number of carbonyl (C=O) groups excluding carboxylic acids is 2. The number of hydrogen-bond donors (Lipinski definition) is 4. The van der Waals surface area contributed by atoms with Crippen LogP contribution in [0.4, 0.5) is 0 Å². The highest BCUT2D eigenvalue weighted by molar-refractivity contribution is 6.46. The molecule has 1 aliphatic rings. The average Bonchev–Trinajstić information content (AvgIpc) is 2.96. The van der Waals surface area contributed by atoms with E-state index < -0.39 is 17.7 Å². The van der Waals surface area contributed by atoms with Crippen LogP contribution in [-0.4, -0.2) is 58.2 Å². The summed E-state index contributed by atoms with van der Waals surface area (Å²) in [5.41, 5.74) is 0.930. The number of aliphatic hydroxyl groups excluding tert-OH is 2. The summed E-state index contributed by atoms with van der Waals surface area (Å²) in [4.78, 5) is 26.9. The fourth-order valence-corrected chi connectivity index (χ4v) is 3.41. The van der Waals surface area contributed by atoms with Crippen molar-refractivity contribution in [2.75, 3.05) is 26.2 Å². The van der Waals surface area contributed by atoms with E-state index in [9.17, 15) is 19.8 Å². The number of nitrogens with one attached hydrogen (secondary N) is 1. The standard InChI is InChI=1S/C21H21ClN2O5/c22-15-5-1-14(2-6-15)19(27)17-18(13-3-7-16(26)8-4-13)24(21(29)20(17)28)11-9-23-10-12-25/h1-8,18,23,25-27H,9-12H2/b19-17-. The van der Waals surface area contributed by atoms with Crippen molar-refractivity contribution in [2.24, 2.45) is 0 Å². The van der Waals surface area contributed by atoms with Crippen LogP contribution in [0.25, 0.3) is 5.76 Å². The summed E-state index contributed by atoms with van der Waals surface area (Å²) in [5, 5.41) is 32.8. The van der Waals surface area contributed by atoms with E-state index in [1.165, 1.54) is 17.0 Å². The maximum atomic E-state index is 12.8. The molecule has 1 unspecified atom stereocenters. The summed E-state index contributed by atoms with van der Waals surface area (Å²) in [6.45, 7) is 0.881. The van der Waals surface area contributed by atoms with Gasteiger partial charge < -0.3 is 25.5 Å². The van der Waals surface area contributed by atoms with Gasteiger partial charge in [0.05, 0.1) is 18.2 Å². The van der Waals surface area contributed by atoms with Crippen LogP contribution in [0.5, 0.6) is 5.75 Å². The predicted octanol–water partition coefficient (Wildman–Crippen LogP) is 2.05. The number of Topliss-reactive ketones (excluding diaryl/α,β-unsaturated/α-hetero) is 1. The van der Waals surface area contributed by atoms with Gasteiger partial charge in [0.15, 0.2) is 0 Å². The van der Waals surface area contributed by atoms with Gasteiger partial charge in [-0.2, -0.15) is 0 Å². The Kier molecular flexibility index (Phi) is 6.53. The molecule has 4 N–H and O–H groups in total. The molecule has 152 valence electrons. The summed E-state index contributed by atoms with van der Waals surface area (Å²) >= 11 is 5.90. The predicted molar refractivity (Wildman–Crippen MR) is 109 cm³/mol. The molecule has 2 aromatic carbocycles. The monoisotopic (exact) mass is 416 g/mol. The molecule has 0 saturated carbocycles. The van der Waals surface area contributed by atoms with Gasteiger partial charge in [-0.3, -0.25) is 9.59 Å². The fourth-order valence-electron chi connectivity index (χ4n) is 3.28. The maximum Gasteiger partial charge on any atom is 0.295 e. The van der Waals surface area contributed by atoms with Crippen LogP contribution in [0.3, 0.4) is 0 Å². The Balaban J connectivity index is 2.05. The van der Waals surface area contributed by atoms with Crippen LogP contribution in [-0.2, 0) is 9.59 Å². The number of aliphatic hydroxyl groups is 2. The Morgan fingerprint density at radius 2 is 1.69 bits per heavy atom. The Morgan fingerprint density at radius 1 is 1.03 bits per heavy atom. The quantitative estimate of drug-likeness (QED) is 0.238. The number of carbonyl (C=O) groups is 2. The number of nitrogens with zero attached hydrogens (tertiary/aromatic N) is 1. The van der Waals surface area contributed by atoms with Gasteiger partial charge in [-0.25, -0.2) is 0 Å². The lowest BCUT2D eigenvalue weighted by molar-refractivity contribution is -0.139. The highest BCUT2D eigenvalue weighted by Gasteiger charge is 2.45. The highest BCUT2D eigenvalue weighted by Crippen LogP contribution is 2.39. The maximum absolute atomic E-state index is 12.8. The van der Waals surface area contributed by atoms with Crippen molar-refractivity contribution in [3.8, 4) is 5.75 Å². The molecule has 0 radical (unpaired) electrons. The van der Waals surface area contributed by atoms with Crippen LogP contribution >= 0.6 is 11.6 Å². The van der Waals surface area contributed by atoms with E-state index in [0.29, 0.717) is 29.2 Å². The first-order valence-corrected chi connectivity index (χ1v) is 9.46. The molecule has 8 heteroatoms. The number of rotatable bonds is 7. The second-order valence-electron chi connectivity index (χ2n) is 6.56. The number of aromatic hydroxyl groups is 1. The topological polar surface area (TPSA) is 110 Å². The molecule has 0 spiro atoms. The normalized spacial score (nSPS) is 18.4. The molecular formula is C21H21ClN2O5. The van der Waals surface area contributed by atoms with Crippen molar-refractivity contribution in [1.82, 2.24) is 10.2 Å². The van der Waals surface area contributed by atoms with Crippen molar-refractivity contribution in [3.63, 3.8) is 0 Å². The second kappa shape index (κ2) is 9.09. The molecule has 1 saturated heterocycles. The van der Waals surface area contributed by atoms with Crippen molar-refractivity contribution >= 4 is 29.1 Å². The molecule has 29 heavy (non-hydrogen) atoms. The zero-order valence-corrected chi connectivity index (χ0v) is 16.3. The third kappa shape index (κ3) is 4.42. The summed E-state index contributed by atoms with van der Waals surface area (Å²) in [6.07, 6.45) is 0. The van der Waals surface area contributed by atoms with Gasteiger partial charge in [-0.05, 0) is 42.0 Å². The number of phenols is 1. The third-order valence-electron chi connectivity index (χ3n) is 4.68. The minimum atomic E-state index is -0.804. The highest BCUT2D eigenvalue weighted by atomic mass is 35.5. The lowest BCUT2D eigenvalue weighted by Gasteiger charge is -2.25. The molecule has 0 aliphatic carbocycles. The Hall–Kier alpha value is -2.87. The average molecular weight is 417 g/mol. The summed E-state index contributed by atoms with van der Waals surface area (Å²) in [5.74, 6) is -1.74. The number of amides is 1. The molecule has 1 aliphatic heterocycles. The van der Waals surface area contributed by atoms with Gasteiger partial charge in [-0.15, -0.1) is 0 Å². The number of halogens is 1. The largest absolute Gasteiger partial charge is 0.508 e. The van der Waals surface area contributed by atoms with Gasteiger partial charge in [0.1, 0.15) is 11.5 Å². The summed E-state index contributed by atoms with van der Waals surface area (Å²) in [7, 11) is 0. The van der Waals surface area contributed by atoms with Crippen molar-refractivity contribution < 1.29 is 24.9 Å². The van der Waals surface area contributed by atoms with Gasteiger partial charge in [0.25, 0.3) is 11.7 Å². The zero-order valence-electron chi connectivity index (χ0n) is 15.5. The van der Waals surface area contributed by atoms with Crippen LogP contribution < -0.4 is 5.32 Å². The van der Waals surface area contributed by atoms with Crippen LogP contribution in [0, 0.1) is 0 Å². The number of ketones is 1. The lowest BCUT2D eigenvalue weighted by atomic mass is 9.95. The van der Waals surface area contributed by atoms with Crippen LogP contribution in [0.2, 0.25) is 5.02 Å². The molecule has 2 aromatic rings. The molecule has 1 amide bonds. The smallest absolute Gasteiger partial charge is 0.295 e. The molecule has 7 nitrogen and oxygen atoms in total. The van der Waals surface area contributed by atoms with Crippen LogP contribution in [0.1, 0.15) is 17.2 Å². The minimum absolute atomic E-state index is 0.0230. The van der Waals surface area contributed by atoms with Crippen molar-refractivity contribution in [3.05, 3.63) is 70.3 Å². The first-order chi connectivity index (χ1) is 13.9. The van der Waals surface area contributed by atoms with Crippen molar-refractivity contribution in [2.45, 2.75) is 6.04 Å². The molecule has 1 heterocycles. The number of likely N-dealkylation sites (tertiary alicyclic amines) is 1. The molecule has 1 fully saturated rings. The Bertz CT molecular complexity index is 925. The van der Waals surface area contributed by atoms with E-state index in [1.54, 1.807) is 36.4 Å². The lowest BCUT2D eigenvalue weighted by Crippen LogP contribution is -2.36.